The van der Waals surface area contributed by atoms with E-state index in [1.807, 2.05) is 6.92 Å². The van der Waals surface area contributed by atoms with Crippen LogP contribution >= 0.6 is 0 Å². The third-order valence-corrected chi connectivity index (χ3v) is 7.13. The van der Waals surface area contributed by atoms with Gasteiger partial charge in [0.1, 0.15) is 5.75 Å². The monoisotopic (exact) mass is 329 g/mol. The number of methoxy groups -OCH3 is 1. The molecule has 5 rings (SSSR count). The van der Waals surface area contributed by atoms with E-state index in [1.54, 1.807) is 7.11 Å². The van der Waals surface area contributed by atoms with Gasteiger partial charge in [0.2, 0.25) is 0 Å². The van der Waals surface area contributed by atoms with E-state index in [0.29, 0.717) is 12.6 Å². The lowest BCUT2D eigenvalue weighted by atomic mass is 9.43. The highest BCUT2D eigenvalue weighted by molar-refractivity contribution is 5.74. The van der Waals surface area contributed by atoms with Crippen molar-refractivity contribution < 1.29 is 14.3 Å². The van der Waals surface area contributed by atoms with Gasteiger partial charge in [0.15, 0.2) is 0 Å². The summed E-state index contributed by atoms with van der Waals surface area (Å²) in [6, 6.07) is 7.13. The molecular formula is C20H27NO3. The molecule has 5 atom stereocenters. The van der Waals surface area contributed by atoms with Crippen molar-refractivity contribution in [3.63, 3.8) is 0 Å². The molecule has 24 heavy (non-hydrogen) atoms. The first-order valence-electron chi connectivity index (χ1n) is 9.03. The number of rotatable bonds is 3. The molecule has 3 fully saturated rings. The van der Waals surface area contributed by atoms with Gasteiger partial charge in [-0.2, -0.15) is 0 Å². The van der Waals surface area contributed by atoms with Crippen molar-refractivity contribution in [1.29, 1.82) is 0 Å². The molecule has 130 valence electrons. The molecule has 2 aliphatic heterocycles. The number of piperidine rings is 2. The fourth-order valence-electron chi connectivity index (χ4n) is 5.58. The van der Waals surface area contributed by atoms with Crippen molar-refractivity contribution in [2.75, 3.05) is 13.7 Å². The van der Waals surface area contributed by atoms with Gasteiger partial charge in [-0.15, -0.1) is 0 Å². The molecule has 2 aliphatic carbocycles. The first-order valence-corrected chi connectivity index (χ1v) is 9.03. The molecule has 4 heteroatoms. The zero-order chi connectivity index (χ0) is 17.1. The number of ether oxygens (including phenoxy) is 2. The van der Waals surface area contributed by atoms with Crippen LogP contribution in [-0.2, 0) is 21.4 Å². The number of nitrogens with one attached hydrogen (secondary N) is 1. The summed E-state index contributed by atoms with van der Waals surface area (Å²) >= 11 is 0. The SMILES string of the molecule is CCOC(=O)C1C[C@]2(C)C3Cc4ccc(OC)cc4[C@]2(C)CC1N3. The predicted octanol–water partition coefficient (Wildman–Crippen LogP) is 2.83. The Labute approximate surface area is 143 Å². The Morgan fingerprint density at radius 3 is 2.83 bits per heavy atom. The molecule has 0 aromatic heterocycles. The average Bonchev–Trinajstić information content (AvgIpc) is 2.55. The number of esters is 1. The van der Waals surface area contributed by atoms with Crippen LogP contribution < -0.4 is 10.1 Å². The van der Waals surface area contributed by atoms with Gasteiger partial charge in [0.05, 0.1) is 19.6 Å². The summed E-state index contributed by atoms with van der Waals surface area (Å²) in [7, 11) is 1.72. The third kappa shape index (κ3) is 1.92. The van der Waals surface area contributed by atoms with Crippen LogP contribution in [0.3, 0.4) is 0 Å². The van der Waals surface area contributed by atoms with E-state index in [9.17, 15) is 4.79 Å². The highest BCUT2D eigenvalue weighted by atomic mass is 16.5. The first-order chi connectivity index (χ1) is 11.4. The van der Waals surface area contributed by atoms with Crippen molar-refractivity contribution in [3.05, 3.63) is 29.3 Å². The summed E-state index contributed by atoms with van der Waals surface area (Å²) < 4.78 is 10.8. The Morgan fingerprint density at radius 1 is 1.33 bits per heavy atom. The number of fused-ring (bicyclic) bond motifs is 2. The number of carbonyl (C=O) groups is 1. The van der Waals surface area contributed by atoms with Crippen LogP contribution in [0.15, 0.2) is 18.2 Å². The van der Waals surface area contributed by atoms with Crippen LogP contribution in [-0.4, -0.2) is 31.8 Å². The maximum absolute atomic E-state index is 12.4. The Hall–Kier alpha value is -1.55. The van der Waals surface area contributed by atoms with Gasteiger partial charge in [-0.25, -0.2) is 0 Å². The lowest BCUT2D eigenvalue weighted by Gasteiger charge is -2.66. The van der Waals surface area contributed by atoms with Crippen molar-refractivity contribution in [2.24, 2.45) is 11.3 Å². The molecule has 0 spiro atoms. The van der Waals surface area contributed by atoms with Crippen molar-refractivity contribution in [1.82, 2.24) is 5.32 Å². The minimum Gasteiger partial charge on any atom is -0.497 e. The largest absolute Gasteiger partial charge is 0.497 e. The third-order valence-electron chi connectivity index (χ3n) is 7.13. The zero-order valence-corrected chi connectivity index (χ0v) is 15.0. The van der Waals surface area contributed by atoms with Gasteiger partial charge in [-0.3, -0.25) is 4.79 Å². The highest BCUT2D eigenvalue weighted by Crippen LogP contribution is 2.62. The zero-order valence-electron chi connectivity index (χ0n) is 15.0. The quantitative estimate of drug-likeness (QED) is 0.866. The average molecular weight is 329 g/mol. The van der Waals surface area contributed by atoms with Crippen LogP contribution in [0.5, 0.6) is 5.75 Å². The van der Waals surface area contributed by atoms with E-state index in [0.717, 1.165) is 25.0 Å². The maximum atomic E-state index is 12.4. The fraction of sp³-hybridized carbons (Fsp3) is 0.650. The van der Waals surface area contributed by atoms with Gasteiger partial charge in [-0.1, -0.05) is 19.9 Å². The number of benzene rings is 1. The Kier molecular flexibility index (Phi) is 3.47. The van der Waals surface area contributed by atoms with E-state index >= 15 is 0 Å². The Bertz CT molecular complexity index is 687. The van der Waals surface area contributed by atoms with Gasteiger partial charge >= 0.3 is 5.97 Å². The molecule has 3 unspecified atom stereocenters. The van der Waals surface area contributed by atoms with Crippen molar-refractivity contribution in [2.45, 2.75) is 57.5 Å². The molecule has 1 aromatic rings. The van der Waals surface area contributed by atoms with Crippen molar-refractivity contribution >= 4 is 5.97 Å². The predicted molar refractivity (Wildman–Crippen MR) is 92.2 cm³/mol. The van der Waals surface area contributed by atoms with Crippen LogP contribution in [0.25, 0.3) is 0 Å². The topological polar surface area (TPSA) is 47.6 Å². The second-order valence-electron chi connectivity index (χ2n) is 8.07. The van der Waals surface area contributed by atoms with Gasteiger partial charge in [-0.05, 0) is 54.9 Å². The fourth-order valence-corrected chi connectivity index (χ4v) is 5.58. The van der Waals surface area contributed by atoms with Crippen LogP contribution in [0.4, 0.5) is 0 Å². The van der Waals surface area contributed by atoms with Crippen LogP contribution in [0.2, 0.25) is 0 Å². The summed E-state index contributed by atoms with van der Waals surface area (Å²) in [6.07, 6.45) is 2.91. The molecule has 1 N–H and O–H groups in total. The summed E-state index contributed by atoms with van der Waals surface area (Å²) in [5.41, 5.74) is 2.95. The minimum atomic E-state index is -0.0341. The lowest BCUT2D eigenvalue weighted by molar-refractivity contribution is -0.160. The highest BCUT2D eigenvalue weighted by Gasteiger charge is 2.64. The Balaban J connectivity index is 1.76. The van der Waals surface area contributed by atoms with E-state index in [1.165, 1.54) is 11.1 Å². The molecule has 1 saturated carbocycles. The second-order valence-corrected chi connectivity index (χ2v) is 8.07. The molecule has 0 amide bonds. The van der Waals surface area contributed by atoms with Gasteiger partial charge < -0.3 is 14.8 Å². The lowest BCUT2D eigenvalue weighted by Crippen LogP contribution is -2.73. The van der Waals surface area contributed by atoms with Crippen LogP contribution in [0.1, 0.15) is 44.7 Å². The summed E-state index contributed by atoms with van der Waals surface area (Å²) in [5, 5.41) is 3.78. The second kappa shape index (κ2) is 5.22. The molecule has 2 saturated heterocycles. The minimum absolute atomic E-state index is 0.0218. The number of hydrogen-bond donors (Lipinski definition) is 1. The number of hydrogen-bond acceptors (Lipinski definition) is 4. The smallest absolute Gasteiger partial charge is 0.310 e. The Morgan fingerprint density at radius 2 is 2.12 bits per heavy atom. The molecule has 4 nitrogen and oxygen atoms in total. The summed E-state index contributed by atoms with van der Waals surface area (Å²) in [5.74, 6) is 0.868. The standard InChI is InChI=1S/C20H27NO3/c1-5-24-18(22)14-10-20(3)17-8-12-6-7-13(23-4)9-15(12)19(20,2)11-16(14)21-17/h6-7,9,14,16-17,21H,5,8,10-11H2,1-4H3/t14?,16?,17?,19-,20+/m0/s1. The number of carbonyl (C=O) groups excluding carboxylic acids is 1. The van der Waals surface area contributed by atoms with Gasteiger partial charge in [0.25, 0.3) is 0 Å². The molecule has 0 radical (unpaired) electrons. The molecule has 4 aliphatic rings. The molecule has 2 heterocycles. The van der Waals surface area contributed by atoms with E-state index in [4.69, 9.17) is 9.47 Å². The normalized spacial score (nSPS) is 39.2. The van der Waals surface area contributed by atoms with Gasteiger partial charge in [0, 0.05) is 17.5 Å². The summed E-state index contributed by atoms with van der Waals surface area (Å²) in [6.45, 7) is 7.08. The van der Waals surface area contributed by atoms with E-state index in [2.05, 4.69) is 37.4 Å². The van der Waals surface area contributed by atoms with E-state index < -0.39 is 0 Å². The molecular weight excluding hydrogens is 302 g/mol. The molecule has 4 bridgehead atoms. The van der Waals surface area contributed by atoms with Crippen molar-refractivity contribution in [3.8, 4) is 5.75 Å². The first kappa shape index (κ1) is 15.9. The molecule has 1 aromatic carbocycles. The van der Waals surface area contributed by atoms with Crippen LogP contribution in [0, 0.1) is 11.3 Å². The summed E-state index contributed by atoms with van der Waals surface area (Å²) in [4.78, 5) is 12.4. The maximum Gasteiger partial charge on any atom is 0.310 e. The van der Waals surface area contributed by atoms with E-state index in [-0.39, 0.29) is 28.8 Å².